The van der Waals surface area contributed by atoms with E-state index in [0.29, 0.717) is 23.9 Å². The Morgan fingerprint density at radius 2 is 1.63 bits per heavy atom. The molecule has 0 aliphatic heterocycles. The number of hydrogen-bond donors (Lipinski definition) is 2. The lowest BCUT2D eigenvalue weighted by Gasteiger charge is -2.08. The van der Waals surface area contributed by atoms with Gasteiger partial charge < -0.3 is 15.4 Å². The average molecular weight is 383 g/mol. The Morgan fingerprint density at radius 3 is 2.26 bits per heavy atom. The van der Waals surface area contributed by atoms with Gasteiger partial charge >= 0.3 is 0 Å². The highest BCUT2D eigenvalue weighted by Gasteiger charge is 2.08. The minimum absolute atomic E-state index is 0.264. The van der Waals surface area contributed by atoms with Gasteiger partial charge in [-0.15, -0.1) is 0 Å². The number of aromatic nitrogens is 2. The summed E-state index contributed by atoms with van der Waals surface area (Å²) in [5, 5.41) is 6.67. The highest BCUT2D eigenvalue weighted by atomic mass is 35.5. The molecule has 27 heavy (non-hydrogen) atoms. The van der Waals surface area contributed by atoms with E-state index in [4.69, 9.17) is 16.3 Å². The lowest BCUT2D eigenvalue weighted by molar-refractivity contribution is 0.0945. The van der Waals surface area contributed by atoms with Crippen molar-refractivity contribution in [3.05, 3.63) is 82.8 Å². The molecule has 1 aromatic heterocycles. The number of methoxy groups -OCH3 is 1. The molecular weight excluding hydrogens is 364 g/mol. The van der Waals surface area contributed by atoms with Gasteiger partial charge in [-0.1, -0.05) is 35.9 Å². The van der Waals surface area contributed by atoms with E-state index in [1.165, 1.54) is 12.4 Å². The normalized spacial score (nSPS) is 10.3. The molecule has 0 radical (unpaired) electrons. The van der Waals surface area contributed by atoms with Crippen LogP contribution in [0.1, 0.15) is 21.6 Å². The monoisotopic (exact) mass is 382 g/mol. The molecule has 0 saturated heterocycles. The summed E-state index contributed by atoms with van der Waals surface area (Å²) in [6.07, 6.45) is 2.99. The molecule has 2 aromatic carbocycles. The molecule has 0 unspecified atom stereocenters. The minimum atomic E-state index is -0.275. The maximum Gasteiger partial charge on any atom is 0.271 e. The lowest BCUT2D eigenvalue weighted by atomic mass is 10.2. The van der Waals surface area contributed by atoms with Crippen molar-refractivity contribution in [2.45, 2.75) is 13.1 Å². The third-order valence-electron chi connectivity index (χ3n) is 3.88. The highest BCUT2D eigenvalue weighted by molar-refractivity contribution is 6.30. The summed E-state index contributed by atoms with van der Waals surface area (Å²) in [5.41, 5.74) is 2.31. The molecule has 0 aliphatic carbocycles. The van der Waals surface area contributed by atoms with E-state index in [1.807, 2.05) is 48.5 Å². The van der Waals surface area contributed by atoms with Crippen LogP contribution in [-0.4, -0.2) is 23.0 Å². The lowest BCUT2D eigenvalue weighted by Crippen LogP contribution is -2.24. The predicted octanol–water partition coefficient (Wildman–Crippen LogP) is 3.68. The number of anilines is 1. The van der Waals surface area contributed by atoms with Crippen LogP contribution in [0.3, 0.4) is 0 Å². The Bertz CT molecular complexity index is 881. The van der Waals surface area contributed by atoms with Crippen molar-refractivity contribution >= 4 is 23.3 Å². The van der Waals surface area contributed by atoms with Crippen molar-refractivity contribution in [2.75, 3.05) is 12.4 Å². The quantitative estimate of drug-likeness (QED) is 0.651. The zero-order valence-electron chi connectivity index (χ0n) is 14.8. The molecule has 7 heteroatoms. The first-order valence-corrected chi connectivity index (χ1v) is 8.73. The number of nitrogens with one attached hydrogen (secondary N) is 2. The van der Waals surface area contributed by atoms with Gasteiger partial charge in [-0.3, -0.25) is 4.79 Å². The molecule has 2 N–H and O–H groups in total. The Labute approximate surface area is 162 Å². The van der Waals surface area contributed by atoms with Crippen LogP contribution < -0.4 is 15.4 Å². The van der Waals surface area contributed by atoms with Crippen LogP contribution in [0, 0.1) is 0 Å². The second kappa shape index (κ2) is 9.00. The second-order valence-corrected chi connectivity index (χ2v) is 6.23. The molecular formula is C20H19ClN4O2. The number of ether oxygens (including phenoxy) is 1. The first-order chi connectivity index (χ1) is 13.1. The number of rotatable bonds is 7. The van der Waals surface area contributed by atoms with Crippen LogP contribution in [0.4, 0.5) is 5.82 Å². The third-order valence-corrected chi connectivity index (χ3v) is 4.14. The molecule has 3 aromatic rings. The first kappa shape index (κ1) is 18.7. The maximum atomic E-state index is 12.2. The Kier molecular flexibility index (Phi) is 6.22. The van der Waals surface area contributed by atoms with Crippen molar-refractivity contribution in [1.29, 1.82) is 0 Å². The summed E-state index contributed by atoms with van der Waals surface area (Å²) in [6, 6.07) is 15.0. The molecule has 1 heterocycles. The van der Waals surface area contributed by atoms with Gasteiger partial charge in [0.15, 0.2) is 0 Å². The number of halogens is 1. The molecule has 0 fully saturated rings. The van der Waals surface area contributed by atoms with Gasteiger partial charge in [0.25, 0.3) is 5.91 Å². The smallest absolute Gasteiger partial charge is 0.271 e. The molecule has 0 bridgehead atoms. The van der Waals surface area contributed by atoms with E-state index in [1.54, 1.807) is 7.11 Å². The molecule has 0 saturated carbocycles. The second-order valence-electron chi connectivity index (χ2n) is 5.80. The largest absolute Gasteiger partial charge is 0.497 e. The van der Waals surface area contributed by atoms with Crippen LogP contribution >= 0.6 is 11.6 Å². The third kappa shape index (κ3) is 5.43. The fourth-order valence-corrected chi connectivity index (χ4v) is 2.47. The van der Waals surface area contributed by atoms with Gasteiger partial charge in [0.1, 0.15) is 17.3 Å². The van der Waals surface area contributed by atoms with Crippen molar-refractivity contribution < 1.29 is 9.53 Å². The van der Waals surface area contributed by atoms with Gasteiger partial charge in [-0.2, -0.15) is 0 Å². The number of carbonyl (C=O) groups is 1. The SMILES string of the molecule is COc1ccc(CNC(=O)c2cnc(NCc3ccc(Cl)cc3)cn2)cc1. The standard InChI is InChI=1S/C20H19ClN4O2/c1-27-17-8-4-15(5-9-17)11-25-20(26)18-12-24-19(13-22-18)23-10-14-2-6-16(21)7-3-14/h2-9,12-13H,10-11H2,1H3,(H,23,24)(H,25,26). The number of benzene rings is 2. The fraction of sp³-hybridized carbons (Fsp3) is 0.150. The van der Waals surface area contributed by atoms with E-state index >= 15 is 0 Å². The Balaban J connectivity index is 1.51. The number of amides is 1. The zero-order chi connectivity index (χ0) is 19.1. The summed E-state index contributed by atoms with van der Waals surface area (Å²) in [6.45, 7) is 0.996. The number of nitrogens with zero attached hydrogens (tertiary/aromatic N) is 2. The summed E-state index contributed by atoms with van der Waals surface area (Å²) in [5.74, 6) is 1.09. The average Bonchev–Trinajstić information content (AvgIpc) is 2.72. The van der Waals surface area contributed by atoms with E-state index < -0.39 is 0 Å². The van der Waals surface area contributed by atoms with Gasteiger partial charge in [0, 0.05) is 18.1 Å². The Hall–Kier alpha value is -3.12. The Morgan fingerprint density at radius 1 is 0.963 bits per heavy atom. The zero-order valence-corrected chi connectivity index (χ0v) is 15.5. The van der Waals surface area contributed by atoms with Gasteiger partial charge in [-0.05, 0) is 35.4 Å². The first-order valence-electron chi connectivity index (χ1n) is 8.35. The van der Waals surface area contributed by atoms with Gasteiger partial charge in [0.2, 0.25) is 0 Å². The van der Waals surface area contributed by atoms with Crippen LogP contribution in [0.2, 0.25) is 5.02 Å². The molecule has 3 rings (SSSR count). The van der Waals surface area contributed by atoms with Gasteiger partial charge in [-0.25, -0.2) is 9.97 Å². The fourth-order valence-electron chi connectivity index (χ4n) is 2.35. The molecule has 138 valence electrons. The van der Waals surface area contributed by atoms with E-state index in [2.05, 4.69) is 20.6 Å². The van der Waals surface area contributed by atoms with E-state index in [9.17, 15) is 4.79 Å². The molecule has 6 nitrogen and oxygen atoms in total. The number of hydrogen-bond acceptors (Lipinski definition) is 5. The number of carbonyl (C=O) groups excluding carboxylic acids is 1. The van der Waals surface area contributed by atoms with Crippen molar-refractivity contribution in [3.8, 4) is 5.75 Å². The van der Waals surface area contributed by atoms with Crippen molar-refractivity contribution in [1.82, 2.24) is 15.3 Å². The predicted molar refractivity (Wildman–Crippen MR) is 105 cm³/mol. The molecule has 1 amide bonds. The van der Waals surface area contributed by atoms with Crippen LogP contribution in [0.5, 0.6) is 5.75 Å². The van der Waals surface area contributed by atoms with Crippen LogP contribution in [0.15, 0.2) is 60.9 Å². The van der Waals surface area contributed by atoms with Crippen LogP contribution in [-0.2, 0) is 13.1 Å². The topological polar surface area (TPSA) is 76.1 Å². The van der Waals surface area contributed by atoms with E-state index in [0.717, 1.165) is 16.9 Å². The summed E-state index contributed by atoms with van der Waals surface area (Å²) >= 11 is 5.87. The summed E-state index contributed by atoms with van der Waals surface area (Å²) < 4.78 is 5.11. The van der Waals surface area contributed by atoms with Crippen molar-refractivity contribution in [2.24, 2.45) is 0 Å². The van der Waals surface area contributed by atoms with Gasteiger partial charge in [0.05, 0.1) is 19.5 Å². The summed E-state index contributed by atoms with van der Waals surface area (Å²) in [7, 11) is 1.61. The maximum absolute atomic E-state index is 12.2. The highest BCUT2D eigenvalue weighted by Crippen LogP contribution is 2.12. The molecule has 0 aliphatic rings. The summed E-state index contributed by atoms with van der Waals surface area (Å²) in [4.78, 5) is 20.6. The molecule has 0 spiro atoms. The molecule has 0 atom stereocenters. The minimum Gasteiger partial charge on any atom is -0.497 e. The van der Waals surface area contributed by atoms with Crippen LogP contribution in [0.25, 0.3) is 0 Å². The van der Waals surface area contributed by atoms with Crippen molar-refractivity contribution in [3.63, 3.8) is 0 Å². The van der Waals surface area contributed by atoms with E-state index in [-0.39, 0.29) is 11.6 Å².